The molecule has 0 unspecified atom stereocenters. The molecule has 0 spiro atoms. The monoisotopic (exact) mass is 312 g/mol. The summed E-state index contributed by atoms with van der Waals surface area (Å²) in [6.45, 7) is 4.75. The Hall–Kier alpha value is -1.63. The molecular weight excluding hydrogens is 292 g/mol. The molecule has 6 nitrogen and oxygen atoms in total. The average molecular weight is 313 g/mol. The molecule has 0 bridgehead atoms. The van der Waals surface area contributed by atoms with E-state index in [-0.39, 0.29) is 19.0 Å². The van der Waals surface area contributed by atoms with Crippen molar-refractivity contribution < 1.29 is 9.26 Å². The molecule has 0 radical (unpaired) electrons. The molecule has 0 saturated heterocycles. The Morgan fingerprint density at radius 2 is 1.95 bits per heavy atom. The molecule has 0 amide bonds. The minimum Gasteiger partial charge on any atom is -0.497 e. The summed E-state index contributed by atoms with van der Waals surface area (Å²) in [6, 6.07) is 8.04. The predicted octanol–water partition coefficient (Wildman–Crippen LogP) is 1.98. The number of aromatic nitrogens is 2. The third-order valence-electron chi connectivity index (χ3n) is 3.06. The molecular formula is C14H21ClN4O2. The van der Waals surface area contributed by atoms with Gasteiger partial charge in [0.1, 0.15) is 5.75 Å². The van der Waals surface area contributed by atoms with Crippen molar-refractivity contribution in [1.82, 2.24) is 15.0 Å². The van der Waals surface area contributed by atoms with Crippen molar-refractivity contribution in [3.63, 3.8) is 0 Å². The molecule has 116 valence electrons. The van der Waals surface area contributed by atoms with Crippen LogP contribution < -0.4 is 10.5 Å². The van der Waals surface area contributed by atoms with Crippen molar-refractivity contribution in [3.8, 4) is 5.75 Å². The van der Waals surface area contributed by atoms with Gasteiger partial charge in [0.25, 0.3) is 0 Å². The fourth-order valence-corrected chi connectivity index (χ4v) is 1.91. The Bertz CT molecular complexity index is 530. The zero-order valence-corrected chi connectivity index (χ0v) is 13.1. The third-order valence-corrected chi connectivity index (χ3v) is 3.06. The van der Waals surface area contributed by atoms with Crippen LogP contribution in [0, 0.1) is 0 Å². The summed E-state index contributed by atoms with van der Waals surface area (Å²) >= 11 is 0. The molecule has 0 aliphatic rings. The molecule has 1 heterocycles. The number of ether oxygens (including phenoxy) is 1. The van der Waals surface area contributed by atoms with Gasteiger partial charge in [-0.15, -0.1) is 12.4 Å². The molecule has 2 aromatic rings. The summed E-state index contributed by atoms with van der Waals surface area (Å²) < 4.78 is 10.2. The van der Waals surface area contributed by atoms with E-state index in [9.17, 15) is 0 Å². The molecule has 7 heteroatoms. The Morgan fingerprint density at radius 3 is 2.48 bits per heavy atom. The Kier molecular flexibility index (Phi) is 7.14. The van der Waals surface area contributed by atoms with Gasteiger partial charge >= 0.3 is 0 Å². The molecule has 2 rings (SSSR count). The van der Waals surface area contributed by atoms with Crippen LogP contribution in [-0.4, -0.2) is 28.7 Å². The van der Waals surface area contributed by atoms with Gasteiger partial charge in [-0.25, -0.2) is 0 Å². The molecule has 0 saturated carbocycles. The number of rotatable bonds is 7. The van der Waals surface area contributed by atoms with Gasteiger partial charge in [-0.05, 0) is 24.2 Å². The minimum absolute atomic E-state index is 0. The Morgan fingerprint density at radius 1 is 1.24 bits per heavy atom. The summed E-state index contributed by atoms with van der Waals surface area (Å²) in [7, 11) is 1.67. The summed E-state index contributed by atoms with van der Waals surface area (Å²) in [5.74, 6) is 2.00. The molecule has 0 aliphatic heterocycles. The largest absolute Gasteiger partial charge is 0.497 e. The van der Waals surface area contributed by atoms with Crippen molar-refractivity contribution in [2.75, 3.05) is 13.7 Å². The lowest BCUT2D eigenvalue weighted by atomic mass is 10.2. The first-order chi connectivity index (χ1) is 9.75. The van der Waals surface area contributed by atoms with Crippen molar-refractivity contribution in [3.05, 3.63) is 41.5 Å². The fourth-order valence-electron chi connectivity index (χ4n) is 1.91. The van der Waals surface area contributed by atoms with E-state index in [0.29, 0.717) is 18.3 Å². The average Bonchev–Trinajstić information content (AvgIpc) is 2.95. The van der Waals surface area contributed by atoms with Crippen molar-refractivity contribution >= 4 is 12.4 Å². The van der Waals surface area contributed by atoms with Gasteiger partial charge in [-0.2, -0.15) is 4.98 Å². The Balaban J connectivity index is 0.00000220. The van der Waals surface area contributed by atoms with Gasteiger partial charge in [0.2, 0.25) is 5.89 Å². The lowest BCUT2D eigenvalue weighted by Crippen LogP contribution is -2.23. The molecule has 2 N–H and O–H groups in total. The van der Waals surface area contributed by atoms with E-state index in [1.165, 1.54) is 5.56 Å². The topological polar surface area (TPSA) is 77.4 Å². The van der Waals surface area contributed by atoms with Crippen molar-refractivity contribution in [2.24, 2.45) is 5.73 Å². The maximum absolute atomic E-state index is 5.46. The summed E-state index contributed by atoms with van der Waals surface area (Å²) in [6.07, 6.45) is 0. The highest BCUT2D eigenvalue weighted by atomic mass is 35.5. The quantitative estimate of drug-likeness (QED) is 0.842. The van der Waals surface area contributed by atoms with Crippen LogP contribution in [0.3, 0.4) is 0 Å². The van der Waals surface area contributed by atoms with Crippen LogP contribution in [-0.2, 0) is 19.6 Å². The van der Waals surface area contributed by atoms with E-state index in [1.807, 2.05) is 12.1 Å². The van der Waals surface area contributed by atoms with E-state index < -0.39 is 0 Å². The van der Waals surface area contributed by atoms with Crippen LogP contribution in [0.25, 0.3) is 0 Å². The summed E-state index contributed by atoms with van der Waals surface area (Å²) in [4.78, 5) is 6.45. The molecule has 0 atom stereocenters. The maximum Gasteiger partial charge on any atom is 0.240 e. The van der Waals surface area contributed by atoms with Gasteiger partial charge < -0.3 is 15.0 Å². The number of halogens is 1. The number of hydrogen-bond donors (Lipinski definition) is 1. The van der Waals surface area contributed by atoms with Gasteiger partial charge in [-0.3, -0.25) is 4.90 Å². The van der Waals surface area contributed by atoms with Crippen molar-refractivity contribution in [1.29, 1.82) is 0 Å². The van der Waals surface area contributed by atoms with Crippen molar-refractivity contribution in [2.45, 2.75) is 26.6 Å². The number of benzene rings is 1. The van der Waals surface area contributed by atoms with Gasteiger partial charge in [-0.1, -0.05) is 24.2 Å². The smallest absolute Gasteiger partial charge is 0.240 e. The lowest BCUT2D eigenvalue weighted by molar-refractivity contribution is 0.258. The molecule has 1 aromatic heterocycles. The van der Waals surface area contributed by atoms with Gasteiger partial charge in [0.15, 0.2) is 5.82 Å². The normalized spacial score (nSPS) is 10.5. The first-order valence-corrected chi connectivity index (χ1v) is 6.62. The second-order valence-corrected chi connectivity index (χ2v) is 4.46. The first-order valence-electron chi connectivity index (χ1n) is 6.62. The van der Waals surface area contributed by atoms with Gasteiger partial charge in [0.05, 0.1) is 20.2 Å². The van der Waals surface area contributed by atoms with Gasteiger partial charge in [0, 0.05) is 6.54 Å². The summed E-state index contributed by atoms with van der Waals surface area (Å²) in [5, 5.41) is 3.92. The zero-order valence-electron chi connectivity index (χ0n) is 12.3. The summed E-state index contributed by atoms with van der Waals surface area (Å²) in [5.41, 5.74) is 6.67. The second-order valence-electron chi connectivity index (χ2n) is 4.46. The number of nitrogens with zero attached hydrogens (tertiary/aromatic N) is 3. The third kappa shape index (κ3) is 5.00. The zero-order chi connectivity index (χ0) is 14.4. The van der Waals surface area contributed by atoms with E-state index >= 15 is 0 Å². The number of nitrogens with two attached hydrogens (primary N) is 1. The van der Waals surface area contributed by atoms with E-state index in [4.69, 9.17) is 15.0 Å². The van der Waals surface area contributed by atoms with Crippen LogP contribution in [0.15, 0.2) is 28.8 Å². The predicted molar refractivity (Wildman–Crippen MR) is 82.2 cm³/mol. The van der Waals surface area contributed by atoms with Crippen LogP contribution >= 0.6 is 12.4 Å². The number of methoxy groups -OCH3 is 1. The highest BCUT2D eigenvalue weighted by Gasteiger charge is 2.10. The SMILES string of the molecule is CCN(Cc1ccc(OC)cc1)Cc1noc(CN)n1.Cl. The maximum atomic E-state index is 5.46. The van der Waals surface area contributed by atoms with E-state index in [0.717, 1.165) is 18.8 Å². The molecule has 21 heavy (non-hydrogen) atoms. The molecule has 0 fully saturated rings. The first kappa shape index (κ1) is 17.4. The highest BCUT2D eigenvalue weighted by molar-refractivity contribution is 5.85. The lowest BCUT2D eigenvalue weighted by Gasteiger charge is -2.18. The number of hydrogen-bond acceptors (Lipinski definition) is 6. The molecule has 0 aliphatic carbocycles. The Labute approximate surface area is 130 Å². The van der Waals surface area contributed by atoms with E-state index in [1.54, 1.807) is 7.11 Å². The molecule has 1 aromatic carbocycles. The van der Waals surface area contributed by atoms with Crippen LogP contribution in [0.4, 0.5) is 0 Å². The second kappa shape index (κ2) is 8.61. The highest BCUT2D eigenvalue weighted by Crippen LogP contribution is 2.14. The van der Waals surface area contributed by atoms with E-state index in [2.05, 4.69) is 34.1 Å². The fraction of sp³-hybridized carbons (Fsp3) is 0.429. The minimum atomic E-state index is 0. The standard InChI is InChI=1S/C14H20N4O2.ClH/c1-3-18(10-13-16-14(8-15)20-17-13)9-11-4-6-12(19-2)7-5-11;/h4-7H,3,8-10,15H2,1-2H3;1H. The van der Waals surface area contributed by atoms with Crippen LogP contribution in [0.5, 0.6) is 5.75 Å². The van der Waals surface area contributed by atoms with Crippen LogP contribution in [0.2, 0.25) is 0 Å². The van der Waals surface area contributed by atoms with Crippen LogP contribution in [0.1, 0.15) is 24.2 Å².